The topological polar surface area (TPSA) is 90.1 Å². The van der Waals surface area contributed by atoms with Crippen molar-refractivity contribution in [1.29, 1.82) is 0 Å². The average molecular weight is 377 g/mol. The molecule has 0 aliphatic carbocycles. The first-order valence-electron chi connectivity index (χ1n) is 8.31. The summed E-state index contributed by atoms with van der Waals surface area (Å²) in [5, 5.41) is 6.01. The largest absolute Gasteiger partial charge is 0.300 e. The summed E-state index contributed by atoms with van der Waals surface area (Å²) in [4.78, 5) is 36.5. The van der Waals surface area contributed by atoms with E-state index >= 15 is 0 Å². The summed E-state index contributed by atoms with van der Waals surface area (Å²) in [7, 11) is 0. The Labute approximate surface area is 158 Å². The molecule has 4 aromatic rings. The van der Waals surface area contributed by atoms with Crippen LogP contribution in [0, 0.1) is 0 Å². The van der Waals surface area contributed by atoms with Crippen LogP contribution in [0.25, 0.3) is 27.9 Å². The highest BCUT2D eigenvalue weighted by Crippen LogP contribution is 2.26. The molecule has 27 heavy (non-hydrogen) atoms. The molecule has 0 radical (unpaired) electrons. The predicted octanol–water partition coefficient (Wildman–Crippen LogP) is 2.98. The Hall–Kier alpha value is -3.13. The summed E-state index contributed by atoms with van der Waals surface area (Å²) in [6.45, 7) is 1.41. The average Bonchev–Trinajstić information content (AvgIpc) is 3.12. The van der Waals surface area contributed by atoms with Crippen LogP contribution in [0.15, 0.2) is 53.9 Å². The zero-order valence-electron chi connectivity index (χ0n) is 14.5. The van der Waals surface area contributed by atoms with Crippen molar-refractivity contribution in [3.8, 4) is 11.4 Å². The Balaban J connectivity index is 1.80. The van der Waals surface area contributed by atoms with Gasteiger partial charge < -0.3 is 0 Å². The molecule has 0 N–H and O–H groups in total. The van der Waals surface area contributed by atoms with Gasteiger partial charge in [-0.15, -0.1) is 5.10 Å². The van der Waals surface area contributed by atoms with Crippen molar-refractivity contribution in [3.05, 3.63) is 48.8 Å². The van der Waals surface area contributed by atoms with Gasteiger partial charge >= 0.3 is 0 Å². The smallest absolute Gasteiger partial charge is 0.192 e. The normalized spacial score (nSPS) is 11.1. The maximum Gasteiger partial charge on any atom is 0.192 e. The molecule has 1 aromatic carbocycles. The second kappa shape index (κ2) is 7.24. The molecule has 0 saturated carbocycles. The molecule has 134 valence electrons. The monoisotopic (exact) mass is 377 g/mol. The van der Waals surface area contributed by atoms with Crippen LogP contribution >= 0.6 is 11.8 Å². The number of hydrogen-bond acceptors (Lipinski definition) is 7. The minimum Gasteiger partial charge on any atom is -0.300 e. The van der Waals surface area contributed by atoms with E-state index < -0.39 is 0 Å². The fourth-order valence-electron chi connectivity index (χ4n) is 2.71. The number of carbonyl (C=O) groups is 2. The molecule has 8 heteroatoms. The van der Waals surface area contributed by atoms with Crippen molar-refractivity contribution in [2.24, 2.45) is 0 Å². The van der Waals surface area contributed by atoms with Crippen LogP contribution in [-0.2, 0) is 9.59 Å². The van der Waals surface area contributed by atoms with Crippen LogP contribution in [0.5, 0.6) is 0 Å². The van der Waals surface area contributed by atoms with Gasteiger partial charge in [0, 0.05) is 23.3 Å². The number of rotatable bonds is 6. The van der Waals surface area contributed by atoms with Gasteiger partial charge in [-0.3, -0.25) is 14.6 Å². The Morgan fingerprint density at radius 1 is 1.11 bits per heavy atom. The first kappa shape index (κ1) is 17.3. The third kappa shape index (κ3) is 3.56. The summed E-state index contributed by atoms with van der Waals surface area (Å²) in [5.41, 5.74) is 2.24. The van der Waals surface area contributed by atoms with E-state index in [2.05, 4.69) is 20.1 Å². The van der Waals surface area contributed by atoms with Crippen molar-refractivity contribution in [3.63, 3.8) is 0 Å². The molecule has 0 aliphatic rings. The van der Waals surface area contributed by atoms with Crippen molar-refractivity contribution in [2.75, 3.05) is 5.75 Å². The lowest BCUT2D eigenvalue weighted by atomic mass is 10.2. The van der Waals surface area contributed by atoms with Gasteiger partial charge in [0.25, 0.3) is 0 Å². The molecular weight excluding hydrogens is 362 g/mol. The number of pyridine rings is 1. The van der Waals surface area contributed by atoms with E-state index in [1.165, 1.54) is 18.7 Å². The molecular formula is C19H15N5O2S. The predicted molar refractivity (Wildman–Crippen MR) is 103 cm³/mol. The van der Waals surface area contributed by atoms with Crippen LogP contribution in [-0.4, -0.2) is 41.9 Å². The van der Waals surface area contributed by atoms with Crippen molar-refractivity contribution < 1.29 is 9.59 Å². The molecule has 0 unspecified atom stereocenters. The summed E-state index contributed by atoms with van der Waals surface area (Å²) >= 11 is 1.26. The molecule has 0 saturated heterocycles. The first-order valence-corrected chi connectivity index (χ1v) is 9.30. The van der Waals surface area contributed by atoms with Crippen LogP contribution in [0.2, 0.25) is 0 Å². The number of ketones is 2. The summed E-state index contributed by atoms with van der Waals surface area (Å²) in [6, 6.07) is 11.4. The third-order valence-corrected chi connectivity index (χ3v) is 4.87. The number of nitrogens with zero attached hydrogens (tertiary/aromatic N) is 5. The van der Waals surface area contributed by atoms with E-state index in [4.69, 9.17) is 0 Å². The van der Waals surface area contributed by atoms with E-state index in [1.54, 1.807) is 16.9 Å². The summed E-state index contributed by atoms with van der Waals surface area (Å²) in [5.74, 6) is 0.417. The number of hydrogen-bond donors (Lipinski definition) is 0. The van der Waals surface area contributed by atoms with Crippen LogP contribution in [0.1, 0.15) is 13.3 Å². The first-order chi connectivity index (χ1) is 13.1. The van der Waals surface area contributed by atoms with Gasteiger partial charge in [-0.1, -0.05) is 23.9 Å². The molecule has 0 aliphatic heterocycles. The van der Waals surface area contributed by atoms with E-state index in [1.807, 2.05) is 36.4 Å². The van der Waals surface area contributed by atoms with Crippen molar-refractivity contribution in [2.45, 2.75) is 18.5 Å². The lowest BCUT2D eigenvalue weighted by molar-refractivity contribution is -0.124. The Morgan fingerprint density at radius 2 is 1.96 bits per heavy atom. The Morgan fingerprint density at radius 3 is 2.74 bits per heavy atom. The number of fused-ring (bicyclic) bond motifs is 3. The molecule has 0 bridgehead atoms. The highest BCUT2D eigenvalue weighted by atomic mass is 32.2. The van der Waals surface area contributed by atoms with Crippen LogP contribution in [0.3, 0.4) is 0 Å². The van der Waals surface area contributed by atoms with E-state index in [-0.39, 0.29) is 23.7 Å². The van der Waals surface area contributed by atoms with Gasteiger partial charge in [0.1, 0.15) is 5.78 Å². The van der Waals surface area contributed by atoms with Gasteiger partial charge in [0.05, 0.1) is 17.7 Å². The zero-order chi connectivity index (χ0) is 18.8. The minimum absolute atomic E-state index is 0.0674. The van der Waals surface area contributed by atoms with Gasteiger partial charge in [0.2, 0.25) is 0 Å². The summed E-state index contributed by atoms with van der Waals surface area (Å²) in [6.07, 6.45) is 3.33. The molecule has 0 fully saturated rings. The van der Waals surface area contributed by atoms with E-state index in [9.17, 15) is 9.59 Å². The number of carbonyl (C=O) groups excluding carboxylic acids is 2. The lowest BCUT2D eigenvalue weighted by Gasteiger charge is -2.05. The highest BCUT2D eigenvalue weighted by Gasteiger charge is 2.16. The van der Waals surface area contributed by atoms with E-state index in [0.717, 1.165) is 16.5 Å². The molecule has 7 nitrogen and oxygen atoms in total. The molecule has 3 heterocycles. The Kier molecular flexibility index (Phi) is 4.64. The summed E-state index contributed by atoms with van der Waals surface area (Å²) < 4.78 is 1.65. The lowest BCUT2D eigenvalue weighted by Crippen LogP contribution is -2.08. The third-order valence-electron chi connectivity index (χ3n) is 3.88. The molecule has 0 spiro atoms. The molecule has 4 rings (SSSR count). The maximum atomic E-state index is 11.9. The van der Waals surface area contributed by atoms with Gasteiger partial charge in [0.15, 0.2) is 22.4 Å². The van der Waals surface area contributed by atoms with Crippen LogP contribution in [0.4, 0.5) is 0 Å². The number of Topliss-reactive ketones (excluding diaryl/α,β-unsaturated/α-hetero) is 2. The zero-order valence-corrected chi connectivity index (χ0v) is 15.3. The number of para-hydroxylation sites is 1. The standard InChI is InChI=1S/C19H15N5O2S/c1-12(25)9-14(26)11-27-19-21-16-7-3-2-6-15(16)18-22-17(23-24(18)19)13-5-4-8-20-10-13/h2-8,10H,9,11H2,1H3. The van der Waals surface area contributed by atoms with Gasteiger partial charge in [-0.05, 0) is 31.2 Å². The fourth-order valence-corrected chi connectivity index (χ4v) is 3.52. The van der Waals surface area contributed by atoms with Crippen molar-refractivity contribution in [1.82, 2.24) is 24.6 Å². The number of aromatic nitrogens is 5. The SMILES string of the molecule is CC(=O)CC(=O)CSc1nc2ccccc2c2nc(-c3cccnc3)nn12. The number of thioether (sulfide) groups is 1. The van der Waals surface area contributed by atoms with Crippen LogP contribution < -0.4 is 0 Å². The van der Waals surface area contributed by atoms with Gasteiger partial charge in [-0.2, -0.15) is 4.52 Å². The maximum absolute atomic E-state index is 11.9. The second-order valence-corrected chi connectivity index (χ2v) is 6.97. The molecule has 0 atom stereocenters. The minimum atomic E-state index is -0.142. The van der Waals surface area contributed by atoms with E-state index in [0.29, 0.717) is 16.6 Å². The Bertz CT molecular complexity index is 1160. The fraction of sp³-hybridized carbons (Fsp3) is 0.158. The molecule has 3 aromatic heterocycles. The van der Waals surface area contributed by atoms with Crippen molar-refractivity contribution >= 4 is 39.9 Å². The number of benzene rings is 1. The second-order valence-electron chi connectivity index (χ2n) is 6.03. The molecule has 0 amide bonds. The quantitative estimate of drug-likeness (QED) is 0.290. The van der Waals surface area contributed by atoms with Gasteiger partial charge in [-0.25, -0.2) is 9.97 Å². The highest BCUT2D eigenvalue weighted by molar-refractivity contribution is 7.99.